The summed E-state index contributed by atoms with van der Waals surface area (Å²) in [6.45, 7) is 4.08. The molecule has 0 amide bonds. The van der Waals surface area contributed by atoms with Crippen LogP contribution in [0.4, 0.5) is 0 Å². The molecule has 2 aromatic rings. The van der Waals surface area contributed by atoms with Crippen LogP contribution in [0.5, 0.6) is 17.4 Å². The number of nitriles is 1. The minimum atomic E-state index is -0.735. The molecule has 0 fully saturated rings. The molecule has 0 saturated carbocycles. The van der Waals surface area contributed by atoms with Crippen LogP contribution >= 0.6 is 0 Å². The normalized spacial score (nSPS) is 19.1. The van der Waals surface area contributed by atoms with E-state index in [9.17, 15) is 5.26 Å². The van der Waals surface area contributed by atoms with E-state index in [4.69, 9.17) is 19.6 Å². The Kier molecular flexibility index (Phi) is 4.36. The van der Waals surface area contributed by atoms with E-state index in [0.29, 0.717) is 17.4 Å². The second-order valence-electron chi connectivity index (χ2n) is 6.18. The zero-order chi connectivity index (χ0) is 18.1. The van der Waals surface area contributed by atoms with E-state index in [1.165, 1.54) is 0 Å². The smallest absolute Gasteiger partial charge is 0.243 e. The summed E-state index contributed by atoms with van der Waals surface area (Å²) in [6, 6.07) is 7.73. The van der Waals surface area contributed by atoms with E-state index >= 15 is 0 Å². The van der Waals surface area contributed by atoms with Crippen molar-refractivity contribution in [1.29, 1.82) is 10.7 Å². The number of hydrogen-bond acceptors (Lipinski definition) is 6. The summed E-state index contributed by atoms with van der Waals surface area (Å²) < 4.78 is 16.2. The van der Waals surface area contributed by atoms with Crippen molar-refractivity contribution in [2.45, 2.75) is 25.7 Å². The second kappa shape index (κ2) is 6.48. The highest BCUT2D eigenvalue weighted by atomic mass is 16.5. The Balaban J connectivity index is 2.21. The van der Waals surface area contributed by atoms with Gasteiger partial charge in [0.05, 0.1) is 20.3 Å². The predicted octanol–water partition coefficient (Wildman–Crippen LogP) is 3.19. The zero-order valence-corrected chi connectivity index (χ0v) is 14.6. The number of nitrogens with zero attached hydrogens (tertiary/aromatic N) is 2. The molecule has 0 bridgehead atoms. The molecule has 0 spiro atoms. The fourth-order valence-corrected chi connectivity index (χ4v) is 3.19. The van der Waals surface area contributed by atoms with Crippen LogP contribution in [0.3, 0.4) is 0 Å². The second-order valence-corrected chi connectivity index (χ2v) is 6.18. The lowest BCUT2D eigenvalue weighted by molar-refractivity contribution is 0.354. The highest BCUT2D eigenvalue weighted by Crippen LogP contribution is 2.45. The van der Waals surface area contributed by atoms with Crippen molar-refractivity contribution in [3.05, 3.63) is 35.0 Å². The van der Waals surface area contributed by atoms with Crippen LogP contribution in [0, 0.1) is 22.7 Å². The summed E-state index contributed by atoms with van der Waals surface area (Å²) in [5.74, 6) is 0.521. The Bertz CT molecular complexity index is 850. The molecule has 1 aromatic heterocycles. The van der Waals surface area contributed by atoms with E-state index in [2.05, 4.69) is 16.3 Å². The maximum absolute atomic E-state index is 9.66. The molecule has 2 unspecified atom stereocenters. The molecular weight excluding hydrogens is 320 g/mol. The van der Waals surface area contributed by atoms with Crippen LogP contribution in [-0.2, 0) is 0 Å². The van der Waals surface area contributed by atoms with Gasteiger partial charge in [0.2, 0.25) is 11.8 Å². The fourth-order valence-electron chi connectivity index (χ4n) is 3.19. The number of methoxy groups -OCH3 is 2. The molecule has 1 aromatic carbocycles. The van der Waals surface area contributed by atoms with Gasteiger partial charge < -0.3 is 14.2 Å². The summed E-state index contributed by atoms with van der Waals surface area (Å²) >= 11 is 0. The first kappa shape index (κ1) is 16.8. The van der Waals surface area contributed by atoms with E-state index in [1.807, 2.05) is 26.0 Å². The standard InChI is InChI=1S/C18H20N4O3/c1-9(2)16-15-14(10-5-6-12(23-3)13(7-10)24-4)11(8-19)17(20)25-18(15)22-21-16/h5-7,9,11,14,20H,1-4H3,(H,21,22). The highest BCUT2D eigenvalue weighted by Gasteiger charge is 2.41. The van der Waals surface area contributed by atoms with E-state index in [-0.39, 0.29) is 17.7 Å². The van der Waals surface area contributed by atoms with Gasteiger partial charge in [-0.3, -0.25) is 10.5 Å². The number of H-pyrrole nitrogens is 1. The summed E-state index contributed by atoms with van der Waals surface area (Å²) in [6.07, 6.45) is 0. The summed E-state index contributed by atoms with van der Waals surface area (Å²) in [5, 5.41) is 24.9. The van der Waals surface area contributed by atoms with Crippen LogP contribution in [0.1, 0.15) is 42.5 Å². The van der Waals surface area contributed by atoms with Crippen LogP contribution in [0.15, 0.2) is 18.2 Å². The van der Waals surface area contributed by atoms with Gasteiger partial charge in [-0.05, 0) is 23.6 Å². The molecule has 0 saturated heterocycles. The molecule has 2 N–H and O–H groups in total. The van der Waals surface area contributed by atoms with Gasteiger partial charge in [0.25, 0.3) is 0 Å². The third-order valence-corrected chi connectivity index (χ3v) is 4.42. The van der Waals surface area contributed by atoms with Gasteiger partial charge in [-0.2, -0.15) is 5.26 Å². The van der Waals surface area contributed by atoms with Gasteiger partial charge in [-0.15, -0.1) is 5.10 Å². The molecular formula is C18H20N4O3. The Morgan fingerprint density at radius 2 is 2.00 bits per heavy atom. The van der Waals surface area contributed by atoms with E-state index in [0.717, 1.165) is 16.8 Å². The average molecular weight is 340 g/mol. The monoisotopic (exact) mass is 340 g/mol. The number of ether oxygens (including phenoxy) is 3. The number of aromatic amines is 1. The molecule has 1 aliphatic rings. The lowest BCUT2D eigenvalue weighted by Gasteiger charge is -2.29. The average Bonchev–Trinajstić information content (AvgIpc) is 3.03. The maximum Gasteiger partial charge on any atom is 0.243 e. The SMILES string of the molecule is COc1ccc(C2c3c(n[nH]c3C(C)C)OC(=N)C2C#N)cc1OC. The molecule has 2 heterocycles. The van der Waals surface area contributed by atoms with Crippen LogP contribution in [-0.4, -0.2) is 30.3 Å². The lowest BCUT2D eigenvalue weighted by atomic mass is 9.78. The van der Waals surface area contributed by atoms with Gasteiger partial charge in [-0.1, -0.05) is 19.9 Å². The van der Waals surface area contributed by atoms with Crippen molar-refractivity contribution in [3.8, 4) is 23.4 Å². The topological polar surface area (TPSA) is 104 Å². The number of nitrogens with one attached hydrogen (secondary N) is 2. The Hall–Kier alpha value is -3.01. The Morgan fingerprint density at radius 1 is 1.28 bits per heavy atom. The number of rotatable bonds is 4. The number of fused-ring (bicyclic) bond motifs is 1. The minimum Gasteiger partial charge on any atom is -0.493 e. The third-order valence-electron chi connectivity index (χ3n) is 4.42. The van der Waals surface area contributed by atoms with Crippen molar-refractivity contribution in [2.75, 3.05) is 14.2 Å². The van der Waals surface area contributed by atoms with Crippen molar-refractivity contribution in [2.24, 2.45) is 5.92 Å². The van der Waals surface area contributed by atoms with Gasteiger partial charge >= 0.3 is 0 Å². The first-order valence-corrected chi connectivity index (χ1v) is 7.97. The zero-order valence-electron chi connectivity index (χ0n) is 14.6. The molecule has 3 rings (SSSR count). The third kappa shape index (κ3) is 2.70. The molecule has 130 valence electrons. The largest absolute Gasteiger partial charge is 0.493 e. The summed E-state index contributed by atoms with van der Waals surface area (Å²) in [5.41, 5.74) is 2.58. The van der Waals surface area contributed by atoms with Crippen molar-refractivity contribution in [3.63, 3.8) is 0 Å². The van der Waals surface area contributed by atoms with Gasteiger partial charge in [-0.25, -0.2) is 0 Å². The Morgan fingerprint density at radius 3 is 2.60 bits per heavy atom. The highest BCUT2D eigenvalue weighted by molar-refractivity contribution is 5.85. The lowest BCUT2D eigenvalue weighted by Crippen LogP contribution is -2.31. The molecule has 0 aliphatic carbocycles. The van der Waals surface area contributed by atoms with Crippen LogP contribution in [0.25, 0.3) is 0 Å². The number of hydrogen-bond donors (Lipinski definition) is 2. The first-order valence-electron chi connectivity index (χ1n) is 7.97. The van der Waals surface area contributed by atoms with Crippen molar-refractivity contribution in [1.82, 2.24) is 10.2 Å². The van der Waals surface area contributed by atoms with Gasteiger partial charge in [0.15, 0.2) is 11.5 Å². The van der Waals surface area contributed by atoms with E-state index < -0.39 is 5.92 Å². The summed E-state index contributed by atoms with van der Waals surface area (Å²) in [7, 11) is 3.14. The van der Waals surface area contributed by atoms with E-state index in [1.54, 1.807) is 20.3 Å². The molecule has 7 nitrogen and oxygen atoms in total. The van der Waals surface area contributed by atoms with Crippen LogP contribution < -0.4 is 14.2 Å². The van der Waals surface area contributed by atoms with Crippen molar-refractivity contribution < 1.29 is 14.2 Å². The minimum absolute atomic E-state index is 0.100. The van der Waals surface area contributed by atoms with Gasteiger partial charge in [0, 0.05) is 17.2 Å². The predicted molar refractivity (Wildman–Crippen MR) is 91.5 cm³/mol. The summed E-state index contributed by atoms with van der Waals surface area (Å²) in [4.78, 5) is 0. The first-order chi connectivity index (χ1) is 12.0. The fraction of sp³-hybridized carbons (Fsp3) is 0.389. The van der Waals surface area contributed by atoms with Crippen LogP contribution in [0.2, 0.25) is 0 Å². The molecule has 2 atom stereocenters. The van der Waals surface area contributed by atoms with Crippen molar-refractivity contribution >= 4 is 5.90 Å². The molecule has 0 radical (unpaired) electrons. The molecule has 25 heavy (non-hydrogen) atoms. The Labute approximate surface area is 146 Å². The number of benzene rings is 1. The van der Waals surface area contributed by atoms with Gasteiger partial charge in [0.1, 0.15) is 5.92 Å². The quantitative estimate of drug-likeness (QED) is 0.889. The molecule has 7 heteroatoms. The number of aromatic nitrogens is 2. The maximum atomic E-state index is 9.66. The molecule has 1 aliphatic heterocycles.